The first kappa shape index (κ1) is 15.9. The topological polar surface area (TPSA) is 0 Å². The third-order valence-corrected chi connectivity index (χ3v) is 1.27. The van der Waals surface area contributed by atoms with E-state index in [9.17, 15) is 0 Å². The SMILES string of the molecule is Cl.Cl.Cl.c1cc[pH]c1. The summed E-state index contributed by atoms with van der Waals surface area (Å²) < 4.78 is 0. The minimum Gasteiger partial charge on any atom is -0.147 e. The van der Waals surface area contributed by atoms with Gasteiger partial charge >= 0.3 is 0 Å². The van der Waals surface area contributed by atoms with Gasteiger partial charge in [0.1, 0.15) is 0 Å². The number of halogens is 3. The highest BCUT2D eigenvalue weighted by molar-refractivity contribution is 7.28. The Bertz CT molecular complexity index is 67.8. The molecule has 1 heterocycles. The van der Waals surface area contributed by atoms with E-state index in [0.29, 0.717) is 0 Å². The van der Waals surface area contributed by atoms with Gasteiger partial charge in [0.05, 0.1) is 0 Å². The molecule has 0 aliphatic rings. The normalized spacial score (nSPS) is 5.00. The summed E-state index contributed by atoms with van der Waals surface area (Å²) in [4.78, 5) is 0. The molecule has 0 nitrogen and oxygen atoms in total. The van der Waals surface area contributed by atoms with Gasteiger partial charge in [0, 0.05) is 0 Å². The van der Waals surface area contributed by atoms with Gasteiger partial charge in [-0.25, -0.2) is 0 Å². The van der Waals surface area contributed by atoms with E-state index in [2.05, 4.69) is 23.7 Å². The Labute approximate surface area is 69.4 Å². The van der Waals surface area contributed by atoms with E-state index in [0.717, 1.165) is 8.19 Å². The van der Waals surface area contributed by atoms with Crippen LogP contribution in [-0.4, -0.2) is 0 Å². The third kappa shape index (κ3) is 6.65. The van der Waals surface area contributed by atoms with E-state index in [4.69, 9.17) is 0 Å². The lowest BCUT2D eigenvalue weighted by Crippen LogP contribution is -1.16. The Hall–Kier alpha value is 0.650. The molecule has 0 atom stereocenters. The van der Waals surface area contributed by atoms with Crippen LogP contribution in [0, 0.1) is 0 Å². The zero-order valence-corrected chi connectivity index (χ0v) is 7.48. The Kier molecular flexibility index (Phi) is 21.0. The van der Waals surface area contributed by atoms with Crippen molar-refractivity contribution in [2.75, 3.05) is 0 Å². The minimum atomic E-state index is 0. The summed E-state index contributed by atoms with van der Waals surface area (Å²) >= 11 is 0. The van der Waals surface area contributed by atoms with Crippen molar-refractivity contribution >= 4 is 45.4 Å². The molecule has 1 rings (SSSR count). The summed E-state index contributed by atoms with van der Waals surface area (Å²) in [5.41, 5.74) is 0. The fraction of sp³-hybridized carbons (Fsp3) is 0. The largest absolute Gasteiger partial charge is 0.147 e. The lowest BCUT2D eigenvalue weighted by molar-refractivity contribution is 2.03. The van der Waals surface area contributed by atoms with E-state index < -0.39 is 0 Å². The zero-order chi connectivity index (χ0) is 3.54. The molecule has 0 bridgehead atoms. The molecule has 0 unspecified atom stereocenters. The van der Waals surface area contributed by atoms with E-state index in [-0.39, 0.29) is 37.2 Å². The molecule has 0 saturated heterocycles. The lowest BCUT2D eigenvalue weighted by Gasteiger charge is -1.41. The molecule has 0 saturated carbocycles. The highest BCUT2D eigenvalue weighted by Gasteiger charge is 1.57. The van der Waals surface area contributed by atoms with Crippen molar-refractivity contribution in [1.82, 2.24) is 0 Å². The molecule has 0 aromatic carbocycles. The fourth-order valence-electron chi connectivity index (χ4n) is 0.278. The maximum Gasteiger partial charge on any atom is -0.0454 e. The van der Waals surface area contributed by atoms with E-state index >= 15 is 0 Å². The van der Waals surface area contributed by atoms with Crippen LogP contribution in [0.1, 0.15) is 0 Å². The van der Waals surface area contributed by atoms with Gasteiger partial charge in [0.25, 0.3) is 0 Å². The summed E-state index contributed by atoms with van der Waals surface area (Å²) in [6.45, 7) is 0. The first-order chi connectivity index (χ1) is 2.50. The standard InChI is InChI=1S/C4H5P.3ClH/c1-2-4-5-3-1;;;/h1-5H;3*1H. The van der Waals surface area contributed by atoms with E-state index in [1.807, 2.05) is 0 Å². The van der Waals surface area contributed by atoms with Crippen molar-refractivity contribution in [2.45, 2.75) is 0 Å². The molecule has 1 aromatic heterocycles. The maximum absolute atomic E-state index is 2.15. The Morgan fingerprint density at radius 1 is 0.750 bits per heavy atom. The van der Waals surface area contributed by atoms with Crippen LogP contribution >= 0.6 is 45.4 Å². The highest BCUT2D eigenvalue weighted by atomic mass is 35.5. The molecule has 0 N–H and O–H groups in total. The van der Waals surface area contributed by atoms with Gasteiger partial charge < -0.3 is 0 Å². The second kappa shape index (κ2) is 10.6. The molecule has 4 heteroatoms. The van der Waals surface area contributed by atoms with Gasteiger partial charge in [-0.1, -0.05) is 12.1 Å². The average Bonchev–Trinajstić information content (AvgIpc) is 1.76. The predicted molar refractivity (Wildman–Crippen MR) is 47.7 cm³/mol. The Morgan fingerprint density at radius 2 is 1.12 bits per heavy atom. The molecule has 0 spiro atoms. The molecule has 1 aromatic rings. The van der Waals surface area contributed by atoms with Gasteiger partial charge in [0.15, 0.2) is 0 Å². The van der Waals surface area contributed by atoms with Gasteiger partial charge in [-0.05, 0) is 11.6 Å². The van der Waals surface area contributed by atoms with Gasteiger partial charge in [-0.2, -0.15) is 0 Å². The zero-order valence-electron chi connectivity index (χ0n) is 4.03. The summed E-state index contributed by atoms with van der Waals surface area (Å²) in [5, 5.41) is 0. The van der Waals surface area contributed by atoms with E-state index in [1.54, 1.807) is 0 Å². The van der Waals surface area contributed by atoms with Crippen LogP contribution in [0.2, 0.25) is 0 Å². The van der Waals surface area contributed by atoms with Gasteiger partial charge in [-0.3, -0.25) is 0 Å². The summed E-state index contributed by atoms with van der Waals surface area (Å²) in [5.74, 6) is 4.31. The summed E-state index contributed by atoms with van der Waals surface area (Å²) in [6.07, 6.45) is 0. The smallest absolute Gasteiger partial charge is 0.0454 e. The van der Waals surface area contributed by atoms with Crippen LogP contribution in [0.5, 0.6) is 0 Å². The van der Waals surface area contributed by atoms with Crippen molar-refractivity contribution in [3.63, 3.8) is 0 Å². The second-order valence-electron chi connectivity index (χ2n) is 0.885. The van der Waals surface area contributed by atoms with Crippen molar-refractivity contribution in [3.8, 4) is 0 Å². The minimum absolute atomic E-state index is 0. The van der Waals surface area contributed by atoms with Crippen LogP contribution in [-0.2, 0) is 0 Å². The van der Waals surface area contributed by atoms with Crippen molar-refractivity contribution in [2.24, 2.45) is 0 Å². The van der Waals surface area contributed by atoms with Gasteiger partial charge in [-0.15, -0.1) is 45.4 Å². The Balaban J connectivity index is -0.0000000833. The second-order valence-corrected chi connectivity index (χ2v) is 1.88. The summed E-state index contributed by atoms with van der Waals surface area (Å²) in [7, 11) is 0.948. The molecule has 0 amide bonds. The molecular weight excluding hydrogens is 185 g/mol. The van der Waals surface area contributed by atoms with Crippen molar-refractivity contribution in [3.05, 3.63) is 23.7 Å². The van der Waals surface area contributed by atoms with Crippen LogP contribution in [0.15, 0.2) is 23.7 Å². The number of hydrogen-bond donors (Lipinski definition) is 0. The van der Waals surface area contributed by atoms with Crippen LogP contribution in [0.25, 0.3) is 0 Å². The van der Waals surface area contributed by atoms with Crippen LogP contribution in [0.3, 0.4) is 0 Å². The quantitative estimate of drug-likeness (QED) is 0.594. The first-order valence-corrected chi connectivity index (χ1v) is 2.73. The van der Waals surface area contributed by atoms with E-state index in [1.165, 1.54) is 0 Å². The van der Waals surface area contributed by atoms with Crippen molar-refractivity contribution in [1.29, 1.82) is 0 Å². The molecule has 50 valence electrons. The van der Waals surface area contributed by atoms with Crippen molar-refractivity contribution < 1.29 is 0 Å². The van der Waals surface area contributed by atoms with Gasteiger partial charge in [0.2, 0.25) is 0 Å². The third-order valence-electron chi connectivity index (χ3n) is 0.496. The first-order valence-electron chi connectivity index (χ1n) is 1.58. The monoisotopic (exact) mass is 192 g/mol. The molecule has 0 fully saturated rings. The number of rotatable bonds is 0. The average molecular weight is 193 g/mol. The van der Waals surface area contributed by atoms with Crippen LogP contribution < -0.4 is 0 Å². The van der Waals surface area contributed by atoms with Crippen LogP contribution in [0.4, 0.5) is 0 Å². The lowest BCUT2D eigenvalue weighted by atomic mass is 10.7. The Morgan fingerprint density at radius 3 is 1.25 bits per heavy atom. The summed E-state index contributed by atoms with van der Waals surface area (Å²) in [6, 6.07) is 4.14. The molecule has 0 radical (unpaired) electrons. The maximum atomic E-state index is 2.15. The number of hydrogen-bond acceptors (Lipinski definition) is 0. The molecule has 8 heavy (non-hydrogen) atoms. The molecule has 0 aliphatic carbocycles. The molecular formula is C4H8Cl3P. The predicted octanol–water partition coefficient (Wildman–Crippen LogP) is 2.98. The fourth-order valence-corrected chi connectivity index (χ4v) is 0.833. The molecule has 0 aliphatic heterocycles. The highest BCUT2D eigenvalue weighted by Crippen LogP contribution is 1.99.